The highest BCUT2D eigenvalue weighted by molar-refractivity contribution is 8.54. The summed E-state index contributed by atoms with van der Waals surface area (Å²) in [5.41, 5.74) is 8.12. The third-order valence-electron chi connectivity index (χ3n) is 9.56. The van der Waals surface area contributed by atoms with E-state index >= 15 is 0 Å². The first-order valence-corrected chi connectivity index (χ1v) is 23.0. The van der Waals surface area contributed by atoms with Crippen LogP contribution in [0.15, 0.2) is 73.8 Å². The number of nitrogen functional groups attached to an aromatic ring is 1. The third kappa shape index (κ3) is 14.9. The van der Waals surface area contributed by atoms with Crippen LogP contribution in [0.25, 0.3) is 11.2 Å². The molecule has 4 aromatic rings. The number of nitrogens with zero attached hydrogens (tertiary/aromatic N) is 4. The number of fused-ring (bicyclic) bond motifs is 1. The molecule has 16 heteroatoms. The number of allylic oxidation sites excluding steroid dienone is 1. The number of amides is 1. The molecule has 1 aliphatic rings. The van der Waals surface area contributed by atoms with E-state index in [4.69, 9.17) is 24.5 Å². The summed E-state index contributed by atoms with van der Waals surface area (Å²) in [5.74, 6) is 1.21. The molecule has 3 heterocycles. The Kier molecular flexibility index (Phi) is 17.9. The van der Waals surface area contributed by atoms with Crippen molar-refractivity contribution in [1.82, 2.24) is 24.8 Å². The van der Waals surface area contributed by atoms with Crippen molar-refractivity contribution >= 4 is 47.0 Å². The van der Waals surface area contributed by atoms with E-state index in [1.165, 1.54) is 44.9 Å². The van der Waals surface area contributed by atoms with Crippen LogP contribution in [0.2, 0.25) is 0 Å². The van der Waals surface area contributed by atoms with Crippen LogP contribution < -0.4 is 20.5 Å². The topological polar surface area (TPSA) is 190 Å². The summed E-state index contributed by atoms with van der Waals surface area (Å²) < 4.78 is 37.4. The lowest BCUT2D eigenvalue weighted by molar-refractivity contribution is -0.121. The van der Waals surface area contributed by atoms with Gasteiger partial charge in [-0.15, -0.1) is 6.58 Å². The van der Waals surface area contributed by atoms with Crippen LogP contribution in [0.1, 0.15) is 112 Å². The fourth-order valence-corrected chi connectivity index (χ4v) is 8.63. The van der Waals surface area contributed by atoms with Crippen molar-refractivity contribution in [1.29, 1.82) is 0 Å². The molecule has 5 rings (SSSR count). The zero-order chi connectivity index (χ0) is 40.3. The minimum Gasteiger partial charge on any atom is -0.494 e. The molecule has 2 aromatic carbocycles. The number of ether oxygens (including phenoxy) is 3. The predicted octanol–water partition coefficient (Wildman–Crippen LogP) is 8.72. The second-order valence-electron chi connectivity index (χ2n) is 14.0. The van der Waals surface area contributed by atoms with Crippen LogP contribution in [0.3, 0.4) is 0 Å². The third-order valence-corrected chi connectivity index (χ3v) is 12.5. The molecule has 0 saturated carbocycles. The van der Waals surface area contributed by atoms with Crippen LogP contribution in [-0.2, 0) is 24.4 Å². The number of carbonyl (C=O) groups is 2. The van der Waals surface area contributed by atoms with E-state index < -0.39 is 12.8 Å². The number of aromatic nitrogens is 4. The van der Waals surface area contributed by atoms with Crippen LogP contribution in [0, 0.1) is 0 Å². The number of rotatable bonds is 26. The van der Waals surface area contributed by atoms with Gasteiger partial charge in [0, 0.05) is 18.7 Å². The number of hydrogen-bond donors (Lipinski definition) is 3. The van der Waals surface area contributed by atoms with Gasteiger partial charge in [0.05, 0.1) is 31.2 Å². The summed E-state index contributed by atoms with van der Waals surface area (Å²) in [6, 6.07) is 13.7. The van der Waals surface area contributed by atoms with Gasteiger partial charge in [0.1, 0.15) is 29.6 Å². The maximum atomic E-state index is 12.8. The molecule has 0 bridgehead atoms. The van der Waals surface area contributed by atoms with E-state index in [1.807, 2.05) is 0 Å². The molecule has 1 aliphatic heterocycles. The maximum Gasteiger partial charge on any atom is 0.386 e. The van der Waals surface area contributed by atoms with E-state index in [-0.39, 0.29) is 36.4 Å². The number of hydrogen-bond acceptors (Lipinski definition) is 12. The number of anilines is 1. The summed E-state index contributed by atoms with van der Waals surface area (Å²) in [5, 5.41) is 2.96. The molecule has 0 radical (unpaired) electrons. The average molecular weight is 823 g/mol. The van der Waals surface area contributed by atoms with Gasteiger partial charge in [0.25, 0.3) is 0 Å². The molecule has 1 saturated heterocycles. The number of nitrogens with two attached hydrogens (primary N) is 1. The van der Waals surface area contributed by atoms with E-state index in [9.17, 15) is 19.0 Å². The predicted molar refractivity (Wildman–Crippen MR) is 222 cm³/mol. The molecule has 0 spiro atoms. The fraction of sp³-hybridized carbons (Fsp3) is 0.488. The number of imidazole rings is 1. The van der Waals surface area contributed by atoms with Crippen molar-refractivity contribution in [2.75, 3.05) is 25.5 Å². The average Bonchev–Trinajstić information content (AvgIpc) is 3.88. The lowest BCUT2D eigenvalue weighted by Gasteiger charge is -2.17. The first-order valence-electron chi connectivity index (χ1n) is 19.8. The Labute approximate surface area is 338 Å². The van der Waals surface area contributed by atoms with E-state index in [0.29, 0.717) is 54.1 Å². The molecule has 0 aliphatic carbocycles. The van der Waals surface area contributed by atoms with Crippen molar-refractivity contribution in [3.8, 4) is 11.5 Å². The maximum absolute atomic E-state index is 12.8. The number of benzene rings is 2. The lowest BCUT2D eigenvalue weighted by atomic mass is 10.1. The monoisotopic (exact) mass is 822 g/mol. The van der Waals surface area contributed by atoms with Crippen LogP contribution in [0.5, 0.6) is 11.5 Å². The highest BCUT2D eigenvalue weighted by atomic mass is 32.7. The quantitative estimate of drug-likeness (QED) is 0.0179. The molecule has 308 valence electrons. The summed E-state index contributed by atoms with van der Waals surface area (Å²) in [6.45, 7) is 1.04. The lowest BCUT2D eigenvalue weighted by Crippen LogP contribution is -2.23. The van der Waals surface area contributed by atoms with Crippen LogP contribution in [-0.4, -0.2) is 62.2 Å². The smallest absolute Gasteiger partial charge is 0.386 e. The molecule has 57 heavy (non-hydrogen) atoms. The van der Waals surface area contributed by atoms with Crippen molar-refractivity contribution in [3.63, 3.8) is 0 Å². The Balaban J connectivity index is 0.889. The van der Waals surface area contributed by atoms with Gasteiger partial charge in [0.2, 0.25) is 5.91 Å². The molecule has 1 amide bonds. The molecule has 14 nitrogen and oxygen atoms in total. The SMILES string of the molecule is C=CCCC(=O)NCCCCCCCCCCCCOc1ccc(C(=O)Oc2ccc(CSP(=O)(O)OC[C@@H]3CC[C@H](n4cnc5c(N)ncnc54)O3)cc2)cc1. The number of unbranched alkanes of at least 4 members (excludes halogenated alkanes) is 9. The second-order valence-corrected chi connectivity index (χ2v) is 17.9. The fourth-order valence-electron chi connectivity index (χ4n) is 6.35. The summed E-state index contributed by atoms with van der Waals surface area (Å²) in [6.07, 6.45) is 18.3. The summed E-state index contributed by atoms with van der Waals surface area (Å²) in [7, 11) is 0. The van der Waals surface area contributed by atoms with E-state index in [1.54, 1.807) is 65.5 Å². The van der Waals surface area contributed by atoms with Crippen molar-refractivity contribution in [3.05, 3.63) is 85.0 Å². The Hall–Kier alpha value is -4.27. The van der Waals surface area contributed by atoms with E-state index in [2.05, 4.69) is 26.8 Å². The van der Waals surface area contributed by atoms with E-state index in [0.717, 1.165) is 55.6 Å². The van der Waals surface area contributed by atoms with Crippen molar-refractivity contribution in [2.24, 2.45) is 0 Å². The number of nitrogens with one attached hydrogen (secondary N) is 1. The molecule has 1 unspecified atom stereocenters. The summed E-state index contributed by atoms with van der Waals surface area (Å²) >= 11 is 0.810. The highest BCUT2D eigenvalue weighted by Crippen LogP contribution is 2.57. The van der Waals surface area contributed by atoms with Gasteiger partial charge < -0.3 is 30.2 Å². The highest BCUT2D eigenvalue weighted by Gasteiger charge is 2.31. The molecular formula is C41H55N6O8PS. The number of esters is 1. The Morgan fingerprint density at radius 1 is 0.947 bits per heavy atom. The van der Waals surface area contributed by atoms with Gasteiger partial charge in [-0.25, -0.2) is 24.3 Å². The second kappa shape index (κ2) is 23.2. The largest absolute Gasteiger partial charge is 0.494 e. The Morgan fingerprint density at radius 2 is 1.63 bits per heavy atom. The van der Waals surface area contributed by atoms with Crippen LogP contribution in [0.4, 0.5) is 5.82 Å². The Bertz CT molecular complexity index is 1910. The van der Waals surface area contributed by atoms with Crippen LogP contribution >= 0.6 is 18.2 Å². The Morgan fingerprint density at radius 3 is 2.35 bits per heavy atom. The molecule has 2 aromatic heterocycles. The van der Waals surface area contributed by atoms with Gasteiger partial charge in [-0.2, -0.15) is 0 Å². The number of carbonyl (C=O) groups excluding carboxylic acids is 2. The molecule has 3 atom stereocenters. The van der Waals surface area contributed by atoms with Gasteiger partial charge in [-0.1, -0.05) is 69.6 Å². The first-order chi connectivity index (χ1) is 27.7. The first kappa shape index (κ1) is 43.8. The molecular weight excluding hydrogens is 768 g/mol. The zero-order valence-electron chi connectivity index (χ0n) is 32.5. The van der Waals surface area contributed by atoms with Gasteiger partial charge in [-0.05, 0) is 85.4 Å². The standard InChI is InChI=1S/C41H55N6O8PS/c1-2-3-14-36(48)43-25-12-10-8-6-4-5-7-9-11-13-26-52-33-21-17-32(18-22-33)41(49)55-34-19-15-31(16-20-34)28-57-56(50,51)53-27-35-23-24-37(54-35)47-30-46-38-39(42)44-29-45-40(38)47/h2,15-22,29-30,35,37H,1,3-14,23-28H2,(H,43,48)(H,50,51)(H2,42,44,45)/t35-,37+/m0/s1. The van der Waals surface area contributed by atoms with Gasteiger partial charge in [-0.3, -0.25) is 13.9 Å². The van der Waals surface area contributed by atoms with Crippen molar-refractivity contribution in [2.45, 2.75) is 108 Å². The van der Waals surface area contributed by atoms with Crippen molar-refractivity contribution < 1.29 is 37.8 Å². The van der Waals surface area contributed by atoms with Gasteiger partial charge >= 0.3 is 12.8 Å². The zero-order valence-corrected chi connectivity index (χ0v) is 34.2. The summed E-state index contributed by atoms with van der Waals surface area (Å²) in [4.78, 5) is 47.2. The van der Waals surface area contributed by atoms with Gasteiger partial charge in [0.15, 0.2) is 11.5 Å². The molecule has 4 N–H and O–H groups in total. The minimum absolute atomic E-state index is 0.0336. The minimum atomic E-state index is -3.96. The normalized spacial score (nSPS) is 16.3. The molecule has 1 fully saturated rings.